The Morgan fingerprint density at radius 2 is 1.70 bits per heavy atom. The van der Waals surface area contributed by atoms with Gasteiger partial charge in [-0.15, -0.1) is 0 Å². The molecule has 0 saturated heterocycles. The number of carbonyl (C=O) groups is 1. The number of hydrogen-bond donors (Lipinski definition) is 2. The molecule has 3 atom stereocenters. The van der Waals surface area contributed by atoms with Crippen LogP contribution in [0.3, 0.4) is 0 Å². The number of methoxy groups -OCH3 is 1. The van der Waals surface area contributed by atoms with Gasteiger partial charge in [0.15, 0.2) is 0 Å². The number of carbonyl (C=O) groups excluding carboxylic acids is 1. The number of ether oxygens (including phenoxy) is 2. The number of hydrogen-bond acceptors (Lipinski definition) is 8. The number of amides is 1. The highest BCUT2D eigenvalue weighted by Gasteiger charge is 2.35. The summed E-state index contributed by atoms with van der Waals surface area (Å²) < 4.78 is 67.7. The van der Waals surface area contributed by atoms with E-state index < -0.39 is 38.1 Å². The van der Waals surface area contributed by atoms with E-state index >= 15 is 0 Å². The van der Waals surface area contributed by atoms with Gasteiger partial charge in [0.1, 0.15) is 17.6 Å². The van der Waals surface area contributed by atoms with Crippen LogP contribution in [0.25, 0.3) is 0 Å². The maximum atomic E-state index is 13.7. The number of anilines is 1. The van der Waals surface area contributed by atoms with Crippen LogP contribution in [0.1, 0.15) is 24.2 Å². The lowest BCUT2D eigenvalue weighted by Crippen LogP contribution is -2.50. The summed E-state index contributed by atoms with van der Waals surface area (Å²) in [5.41, 5.74) is 0.181. The molecule has 43 heavy (non-hydrogen) atoms. The van der Waals surface area contributed by atoms with Crippen molar-refractivity contribution in [3.05, 3.63) is 77.3 Å². The van der Waals surface area contributed by atoms with E-state index in [1.54, 1.807) is 19.1 Å². The molecule has 1 heterocycles. The molecular weight excluding hydrogens is 618 g/mol. The van der Waals surface area contributed by atoms with Crippen molar-refractivity contribution in [2.45, 2.75) is 35.8 Å². The lowest BCUT2D eigenvalue weighted by molar-refractivity contribution is 0.0387. The van der Waals surface area contributed by atoms with Gasteiger partial charge in [-0.1, -0.05) is 18.5 Å². The van der Waals surface area contributed by atoms with Gasteiger partial charge in [-0.3, -0.25) is 9.52 Å². The van der Waals surface area contributed by atoms with Gasteiger partial charge in [0, 0.05) is 30.2 Å². The summed E-state index contributed by atoms with van der Waals surface area (Å²) >= 11 is 5.89. The molecule has 1 aliphatic rings. The second-order valence-electron chi connectivity index (χ2n) is 10.4. The van der Waals surface area contributed by atoms with Gasteiger partial charge in [-0.2, -0.15) is 4.31 Å². The normalized spacial score (nSPS) is 18.3. The zero-order valence-corrected chi connectivity index (χ0v) is 26.5. The molecule has 3 aromatic carbocycles. The summed E-state index contributed by atoms with van der Waals surface area (Å²) in [6.45, 7) is 3.32. The fraction of sp³-hybridized carbons (Fsp3) is 0.345. The maximum Gasteiger partial charge on any atom is 0.261 e. The van der Waals surface area contributed by atoms with Crippen LogP contribution < -0.4 is 14.2 Å². The van der Waals surface area contributed by atoms with Crippen LogP contribution in [-0.4, -0.2) is 83.1 Å². The number of nitrogens with one attached hydrogen (secondary N) is 1. The average Bonchev–Trinajstić information content (AvgIpc) is 2.98. The van der Waals surface area contributed by atoms with E-state index in [-0.39, 0.29) is 52.4 Å². The van der Waals surface area contributed by atoms with Crippen LogP contribution in [0, 0.1) is 5.92 Å². The summed E-state index contributed by atoms with van der Waals surface area (Å²) in [4.78, 5) is 15.3. The number of likely N-dealkylation sites (N-methyl/N-ethyl adjacent to an activating group) is 1. The van der Waals surface area contributed by atoms with Crippen molar-refractivity contribution in [1.29, 1.82) is 0 Å². The first-order valence-electron chi connectivity index (χ1n) is 13.4. The second-order valence-corrected chi connectivity index (χ2v) is 14.5. The smallest absolute Gasteiger partial charge is 0.261 e. The molecule has 4 rings (SSSR count). The Morgan fingerprint density at radius 1 is 1.07 bits per heavy atom. The summed E-state index contributed by atoms with van der Waals surface area (Å²) in [5, 5.41) is 10.3. The first-order chi connectivity index (χ1) is 20.3. The molecule has 1 amide bonds. The third kappa shape index (κ3) is 7.24. The number of nitrogens with zero attached hydrogens (tertiary/aromatic N) is 2. The van der Waals surface area contributed by atoms with Gasteiger partial charge >= 0.3 is 0 Å². The van der Waals surface area contributed by atoms with Crippen LogP contribution in [-0.2, 0) is 20.0 Å². The predicted octanol–water partition coefficient (Wildman–Crippen LogP) is 3.69. The third-order valence-electron chi connectivity index (χ3n) is 7.25. The Morgan fingerprint density at radius 3 is 2.30 bits per heavy atom. The molecule has 14 heteroatoms. The topological polar surface area (TPSA) is 143 Å². The molecule has 0 aromatic heterocycles. The number of rotatable bonds is 10. The number of halogens is 1. The van der Waals surface area contributed by atoms with Gasteiger partial charge in [0.2, 0.25) is 10.0 Å². The van der Waals surface area contributed by atoms with E-state index in [2.05, 4.69) is 4.72 Å². The number of aliphatic hydroxyl groups excluding tert-OH is 1. The lowest BCUT2D eigenvalue weighted by Gasteiger charge is -2.38. The van der Waals surface area contributed by atoms with Crippen molar-refractivity contribution in [3.63, 3.8) is 0 Å². The molecule has 3 aromatic rings. The van der Waals surface area contributed by atoms with Crippen LogP contribution in [0.5, 0.6) is 11.5 Å². The SMILES string of the molecule is COc1ccc(S(=O)(=O)N(C)C[C@@H]2Oc3ccc(NS(=O)(=O)c4ccc(Cl)cc4)cc3C(=O)N([C@H](C)CO)C[C@H]2C)cc1. The molecule has 0 spiro atoms. The number of fused-ring (bicyclic) bond motifs is 1. The van der Waals surface area contributed by atoms with Crippen LogP contribution in [0.2, 0.25) is 5.02 Å². The fourth-order valence-corrected chi connectivity index (χ4v) is 6.97. The highest BCUT2D eigenvalue weighted by atomic mass is 35.5. The lowest BCUT2D eigenvalue weighted by atomic mass is 9.99. The van der Waals surface area contributed by atoms with Gasteiger partial charge in [-0.25, -0.2) is 16.8 Å². The van der Waals surface area contributed by atoms with Crippen LogP contribution in [0.15, 0.2) is 76.5 Å². The Balaban J connectivity index is 1.67. The predicted molar refractivity (Wildman–Crippen MR) is 163 cm³/mol. The van der Waals surface area contributed by atoms with Crippen molar-refractivity contribution in [3.8, 4) is 11.5 Å². The number of benzene rings is 3. The molecule has 0 bridgehead atoms. The van der Waals surface area contributed by atoms with Crippen molar-refractivity contribution < 1.29 is 36.2 Å². The fourth-order valence-electron chi connectivity index (χ4n) is 4.61. The quantitative estimate of drug-likeness (QED) is 0.338. The van der Waals surface area contributed by atoms with Crippen molar-refractivity contribution in [2.24, 2.45) is 5.92 Å². The van der Waals surface area contributed by atoms with E-state index in [0.29, 0.717) is 10.8 Å². The van der Waals surface area contributed by atoms with Crippen LogP contribution >= 0.6 is 11.6 Å². The molecule has 0 fully saturated rings. The number of aliphatic hydroxyl groups is 1. The minimum Gasteiger partial charge on any atom is -0.497 e. The molecule has 11 nitrogen and oxygen atoms in total. The highest BCUT2D eigenvalue weighted by molar-refractivity contribution is 7.92. The van der Waals surface area contributed by atoms with Crippen molar-refractivity contribution >= 4 is 43.2 Å². The van der Waals surface area contributed by atoms with Gasteiger partial charge in [-0.05, 0) is 73.7 Å². The summed E-state index contributed by atoms with van der Waals surface area (Å²) in [5.74, 6) is -0.134. The molecular formula is C29H34ClN3O8S2. The Hall–Kier alpha value is -3.36. The van der Waals surface area contributed by atoms with Gasteiger partial charge in [0.25, 0.3) is 15.9 Å². The van der Waals surface area contributed by atoms with Crippen molar-refractivity contribution in [2.75, 3.05) is 38.6 Å². The molecule has 232 valence electrons. The maximum absolute atomic E-state index is 13.7. The summed E-state index contributed by atoms with van der Waals surface area (Å²) in [6, 6.07) is 15.4. The van der Waals surface area contributed by atoms with E-state index in [9.17, 15) is 26.7 Å². The van der Waals surface area contributed by atoms with Crippen molar-refractivity contribution in [1.82, 2.24) is 9.21 Å². The van der Waals surface area contributed by atoms with Crippen LogP contribution in [0.4, 0.5) is 5.69 Å². The monoisotopic (exact) mass is 651 g/mol. The molecule has 2 N–H and O–H groups in total. The zero-order chi connectivity index (χ0) is 31.5. The molecule has 0 saturated carbocycles. The Kier molecular flexibility index (Phi) is 9.92. The summed E-state index contributed by atoms with van der Waals surface area (Å²) in [6.07, 6.45) is -0.699. The molecule has 0 aliphatic carbocycles. The second kappa shape index (κ2) is 13.1. The molecule has 0 unspecified atom stereocenters. The minimum absolute atomic E-state index is 0.0169. The van der Waals surface area contributed by atoms with Gasteiger partial charge < -0.3 is 19.5 Å². The highest BCUT2D eigenvalue weighted by Crippen LogP contribution is 2.32. The summed E-state index contributed by atoms with van der Waals surface area (Å²) in [7, 11) is -4.96. The van der Waals surface area contributed by atoms with E-state index in [1.165, 1.54) is 78.0 Å². The van der Waals surface area contributed by atoms with E-state index in [0.717, 1.165) is 0 Å². The first kappa shape index (κ1) is 32.6. The first-order valence-corrected chi connectivity index (χ1v) is 16.7. The van der Waals surface area contributed by atoms with Gasteiger partial charge in [0.05, 0.1) is 41.7 Å². The standard InChI is InChI=1S/C29H34ClN3O8S2/c1-19-16-33(20(2)18-34)29(35)26-15-22(31-42(36,37)24-10-5-21(30)6-11-24)7-14-27(26)41-28(19)17-32(3)43(38,39)25-12-8-23(40-4)9-13-25/h5-15,19-20,28,31,34H,16-18H2,1-4H3/t19-,20-,28+/m1/s1. The van der Waals surface area contributed by atoms with E-state index in [4.69, 9.17) is 21.1 Å². The Bertz CT molecular complexity index is 1670. The molecule has 1 aliphatic heterocycles. The third-order valence-corrected chi connectivity index (χ3v) is 10.7. The minimum atomic E-state index is -4.00. The largest absolute Gasteiger partial charge is 0.497 e. The Labute approximate surface area is 257 Å². The average molecular weight is 652 g/mol. The zero-order valence-electron chi connectivity index (χ0n) is 24.1. The number of sulfonamides is 2. The molecule has 0 radical (unpaired) electrons. The van der Waals surface area contributed by atoms with E-state index in [1.807, 2.05) is 6.92 Å².